The molecule has 1 atom stereocenters. The van der Waals surface area contributed by atoms with E-state index in [1.165, 1.54) is 16.7 Å². The predicted molar refractivity (Wildman–Crippen MR) is 67.8 cm³/mol. The van der Waals surface area contributed by atoms with Gasteiger partial charge in [0, 0.05) is 0 Å². The Kier molecular flexibility index (Phi) is 3.45. The number of hydrogen-bond acceptors (Lipinski definition) is 1. The van der Waals surface area contributed by atoms with Gasteiger partial charge in [-0.25, -0.2) is 0 Å². The maximum atomic E-state index is 6.37. The van der Waals surface area contributed by atoms with E-state index in [1.54, 1.807) is 11.3 Å². The van der Waals surface area contributed by atoms with E-state index in [1.807, 2.05) is 0 Å². The van der Waals surface area contributed by atoms with Crippen LogP contribution < -0.4 is 0 Å². The van der Waals surface area contributed by atoms with Gasteiger partial charge in [-0.05, 0) is 41.3 Å². The van der Waals surface area contributed by atoms with Gasteiger partial charge >= 0.3 is 0 Å². The number of thiophene rings is 1. The van der Waals surface area contributed by atoms with Gasteiger partial charge in [0.2, 0.25) is 0 Å². The largest absolute Gasteiger partial charge is 0.152 e. The SMILES string of the molecule is Cc1cccc(C(Cl)Cc2ccsc2)c1. The summed E-state index contributed by atoms with van der Waals surface area (Å²) in [6, 6.07) is 10.5. The van der Waals surface area contributed by atoms with Crippen LogP contribution in [0.1, 0.15) is 22.1 Å². The molecule has 0 aliphatic heterocycles. The van der Waals surface area contributed by atoms with Crippen molar-refractivity contribution in [3.8, 4) is 0 Å². The van der Waals surface area contributed by atoms with E-state index in [0.29, 0.717) is 0 Å². The van der Waals surface area contributed by atoms with E-state index < -0.39 is 0 Å². The fourth-order valence-electron chi connectivity index (χ4n) is 1.60. The van der Waals surface area contributed by atoms with Gasteiger partial charge in [0.15, 0.2) is 0 Å². The zero-order valence-corrected chi connectivity index (χ0v) is 10.2. The summed E-state index contributed by atoms with van der Waals surface area (Å²) in [5.74, 6) is 0. The summed E-state index contributed by atoms with van der Waals surface area (Å²) < 4.78 is 0. The molecule has 15 heavy (non-hydrogen) atoms. The quantitative estimate of drug-likeness (QED) is 0.685. The van der Waals surface area contributed by atoms with Crippen LogP contribution in [0.4, 0.5) is 0 Å². The fourth-order valence-corrected chi connectivity index (χ4v) is 2.59. The maximum absolute atomic E-state index is 6.37. The molecule has 0 saturated carbocycles. The second kappa shape index (κ2) is 4.82. The first kappa shape index (κ1) is 10.7. The molecule has 1 heterocycles. The minimum Gasteiger partial charge on any atom is -0.152 e. The molecular weight excluding hydrogens is 224 g/mol. The molecule has 0 amide bonds. The molecule has 0 aliphatic rings. The molecule has 1 aromatic carbocycles. The van der Waals surface area contributed by atoms with Crippen LogP contribution in [0.2, 0.25) is 0 Å². The van der Waals surface area contributed by atoms with E-state index in [9.17, 15) is 0 Å². The van der Waals surface area contributed by atoms with E-state index in [0.717, 1.165) is 6.42 Å². The van der Waals surface area contributed by atoms with Gasteiger partial charge in [-0.15, -0.1) is 11.6 Å². The van der Waals surface area contributed by atoms with Gasteiger partial charge < -0.3 is 0 Å². The normalized spacial score (nSPS) is 12.7. The second-order valence-corrected chi connectivity index (χ2v) is 5.02. The average molecular weight is 237 g/mol. The number of benzene rings is 1. The highest BCUT2D eigenvalue weighted by molar-refractivity contribution is 7.07. The van der Waals surface area contributed by atoms with E-state index >= 15 is 0 Å². The summed E-state index contributed by atoms with van der Waals surface area (Å²) in [6.45, 7) is 2.09. The zero-order chi connectivity index (χ0) is 10.7. The van der Waals surface area contributed by atoms with Crippen LogP contribution in [0.15, 0.2) is 41.1 Å². The lowest BCUT2D eigenvalue weighted by Crippen LogP contribution is -1.94. The third-order valence-electron chi connectivity index (χ3n) is 2.40. The molecule has 1 unspecified atom stereocenters. The average Bonchev–Trinajstić information content (AvgIpc) is 2.70. The van der Waals surface area contributed by atoms with Crippen molar-refractivity contribution >= 4 is 22.9 Å². The predicted octanol–water partition coefficient (Wildman–Crippen LogP) is 4.58. The van der Waals surface area contributed by atoms with Crippen molar-refractivity contribution in [3.63, 3.8) is 0 Å². The zero-order valence-electron chi connectivity index (χ0n) is 8.61. The Labute approximate surface area is 99.5 Å². The summed E-state index contributed by atoms with van der Waals surface area (Å²) in [6.07, 6.45) is 0.911. The Hall–Kier alpha value is -0.790. The first-order valence-electron chi connectivity index (χ1n) is 4.97. The smallest absolute Gasteiger partial charge is 0.0625 e. The van der Waals surface area contributed by atoms with Crippen LogP contribution in [0.25, 0.3) is 0 Å². The number of aryl methyl sites for hydroxylation is 1. The van der Waals surface area contributed by atoms with Gasteiger partial charge in [0.1, 0.15) is 0 Å². The number of alkyl halides is 1. The lowest BCUT2D eigenvalue weighted by Gasteiger charge is -2.09. The Bertz CT molecular complexity index is 420. The molecule has 0 aliphatic carbocycles. The summed E-state index contributed by atoms with van der Waals surface area (Å²) in [4.78, 5) is 0. The highest BCUT2D eigenvalue weighted by atomic mass is 35.5. The summed E-state index contributed by atoms with van der Waals surface area (Å²) in [5.41, 5.74) is 3.80. The molecule has 0 radical (unpaired) electrons. The van der Waals surface area contributed by atoms with Crippen LogP contribution in [-0.2, 0) is 6.42 Å². The molecule has 1 aromatic heterocycles. The topological polar surface area (TPSA) is 0 Å². The Morgan fingerprint density at radius 3 is 2.87 bits per heavy atom. The van der Waals surface area contributed by atoms with E-state index in [2.05, 4.69) is 48.0 Å². The van der Waals surface area contributed by atoms with Crippen LogP contribution >= 0.6 is 22.9 Å². The third-order valence-corrected chi connectivity index (χ3v) is 3.54. The van der Waals surface area contributed by atoms with Crippen LogP contribution in [-0.4, -0.2) is 0 Å². The van der Waals surface area contributed by atoms with Crippen molar-refractivity contribution in [1.29, 1.82) is 0 Å². The molecule has 2 aromatic rings. The number of rotatable bonds is 3. The van der Waals surface area contributed by atoms with Crippen LogP contribution in [0.3, 0.4) is 0 Å². The molecule has 0 bridgehead atoms. The molecule has 0 nitrogen and oxygen atoms in total. The first-order valence-corrected chi connectivity index (χ1v) is 6.35. The highest BCUT2D eigenvalue weighted by Gasteiger charge is 2.08. The van der Waals surface area contributed by atoms with Crippen molar-refractivity contribution in [3.05, 3.63) is 57.8 Å². The molecule has 0 fully saturated rings. The van der Waals surface area contributed by atoms with Gasteiger partial charge in [0.25, 0.3) is 0 Å². The van der Waals surface area contributed by atoms with Crippen molar-refractivity contribution in [2.45, 2.75) is 18.7 Å². The summed E-state index contributed by atoms with van der Waals surface area (Å²) in [7, 11) is 0. The van der Waals surface area contributed by atoms with Gasteiger partial charge in [-0.2, -0.15) is 11.3 Å². The Morgan fingerprint density at radius 1 is 1.33 bits per heavy atom. The van der Waals surface area contributed by atoms with Crippen molar-refractivity contribution < 1.29 is 0 Å². The lowest BCUT2D eigenvalue weighted by molar-refractivity contribution is 0.923. The Balaban J connectivity index is 2.11. The lowest BCUT2D eigenvalue weighted by atomic mass is 10.0. The molecule has 2 rings (SSSR count). The van der Waals surface area contributed by atoms with E-state index in [4.69, 9.17) is 11.6 Å². The minimum atomic E-state index is 0.0829. The van der Waals surface area contributed by atoms with Gasteiger partial charge in [-0.1, -0.05) is 29.8 Å². The maximum Gasteiger partial charge on any atom is 0.0625 e. The Morgan fingerprint density at radius 2 is 2.20 bits per heavy atom. The van der Waals surface area contributed by atoms with Crippen LogP contribution in [0, 0.1) is 6.92 Å². The molecule has 0 saturated heterocycles. The minimum absolute atomic E-state index is 0.0829. The van der Waals surface area contributed by atoms with Crippen molar-refractivity contribution in [2.24, 2.45) is 0 Å². The van der Waals surface area contributed by atoms with Gasteiger partial charge in [0.05, 0.1) is 5.38 Å². The second-order valence-electron chi connectivity index (χ2n) is 3.72. The molecule has 78 valence electrons. The standard InChI is InChI=1S/C13H13ClS/c1-10-3-2-4-12(7-10)13(14)8-11-5-6-15-9-11/h2-7,9,13H,8H2,1H3. The molecular formula is C13H13ClS. The monoisotopic (exact) mass is 236 g/mol. The number of halogens is 1. The summed E-state index contributed by atoms with van der Waals surface area (Å²) in [5, 5.41) is 4.33. The van der Waals surface area contributed by atoms with Gasteiger partial charge in [-0.3, -0.25) is 0 Å². The molecule has 2 heteroatoms. The fraction of sp³-hybridized carbons (Fsp3) is 0.231. The highest BCUT2D eigenvalue weighted by Crippen LogP contribution is 2.26. The summed E-state index contributed by atoms with van der Waals surface area (Å²) >= 11 is 8.10. The van der Waals surface area contributed by atoms with Crippen molar-refractivity contribution in [1.82, 2.24) is 0 Å². The third kappa shape index (κ3) is 2.83. The van der Waals surface area contributed by atoms with E-state index in [-0.39, 0.29) is 5.38 Å². The van der Waals surface area contributed by atoms with Crippen LogP contribution in [0.5, 0.6) is 0 Å². The number of hydrogen-bond donors (Lipinski definition) is 0. The molecule has 0 spiro atoms. The molecule has 0 N–H and O–H groups in total. The first-order chi connectivity index (χ1) is 7.25. The van der Waals surface area contributed by atoms with Crippen molar-refractivity contribution in [2.75, 3.05) is 0 Å².